The van der Waals surface area contributed by atoms with E-state index >= 15 is 0 Å². The van der Waals surface area contributed by atoms with Crippen LogP contribution in [0.2, 0.25) is 5.02 Å². The summed E-state index contributed by atoms with van der Waals surface area (Å²) in [5.41, 5.74) is 6.61. The van der Waals surface area contributed by atoms with Crippen LogP contribution in [0.15, 0.2) is 18.2 Å². The second-order valence-electron chi connectivity index (χ2n) is 5.20. The van der Waals surface area contributed by atoms with Crippen LogP contribution in [0.25, 0.3) is 10.1 Å². The Labute approximate surface area is 132 Å². The number of benzene rings is 1. The number of halogens is 1. The van der Waals surface area contributed by atoms with Gasteiger partial charge in [-0.15, -0.1) is 11.3 Å². The van der Waals surface area contributed by atoms with E-state index in [4.69, 9.17) is 22.1 Å². The predicted molar refractivity (Wildman–Crippen MR) is 87.1 cm³/mol. The minimum atomic E-state index is -0.107. The summed E-state index contributed by atoms with van der Waals surface area (Å²) in [5.74, 6) is -0.107. The molecule has 0 bridgehead atoms. The Bertz CT molecular complexity index is 680. The van der Waals surface area contributed by atoms with Gasteiger partial charge in [0.2, 0.25) is 0 Å². The molecule has 1 heterocycles. The summed E-state index contributed by atoms with van der Waals surface area (Å²) in [5, 5.41) is 4.55. The van der Waals surface area contributed by atoms with E-state index in [-0.39, 0.29) is 18.1 Å². The molecule has 2 aromatic rings. The molecule has 1 aliphatic rings. The fourth-order valence-electron chi connectivity index (χ4n) is 2.57. The molecule has 0 spiro atoms. The molecule has 0 radical (unpaired) electrons. The number of amides is 1. The molecule has 0 saturated heterocycles. The molecule has 6 heteroatoms. The van der Waals surface area contributed by atoms with Crippen molar-refractivity contribution < 1.29 is 9.53 Å². The number of hydrogen-bond donors (Lipinski definition) is 2. The molecule has 3 rings (SSSR count). The molecule has 0 atom stereocenters. The van der Waals surface area contributed by atoms with E-state index in [9.17, 15) is 4.79 Å². The van der Waals surface area contributed by atoms with Gasteiger partial charge in [0.1, 0.15) is 4.88 Å². The van der Waals surface area contributed by atoms with E-state index < -0.39 is 0 Å². The maximum Gasteiger partial charge on any atom is 0.263 e. The topological polar surface area (TPSA) is 64.3 Å². The van der Waals surface area contributed by atoms with Gasteiger partial charge in [-0.05, 0) is 38.0 Å². The summed E-state index contributed by atoms with van der Waals surface area (Å²) in [6, 6.07) is 5.66. The third kappa shape index (κ3) is 2.86. The first-order valence-corrected chi connectivity index (χ1v) is 8.18. The van der Waals surface area contributed by atoms with Crippen molar-refractivity contribution in [3.8, 4) is 0 Å². The monoisotopic (exact) mass is 324 g/mol. The largest absolute Gasteiger partial charge is 0.397 e. The predicted octanol–water partition coefficient (Wildman–Crippen LogP) is 3.43. The van der Waals surface area contributed by atoms with Crippen molar-refractivity contribution >= 4 is 44.6 Å². The second kappa shape index (κ2) is 5.83. The van der Waals surface area contributed by atoms with E-state index in [0.717, 1.165) is 29.5 Å². The van der Waals surface area contributed by atoms with Crippen LogP contribution >= 0.6 is 22.9 Å². The lowest BCUT2D eigenvalue weighted by Gasteiger charge is -2.35. The highest BCUT2D eigenvalue weighted by atomic mass is 35.5. The van der Waals surface area contributed by atoms with Gasteiger partial charge in [0.25, 0.3) is 5.91 Å². The van der Waals surface area contributed by atoms with Gasteiger partial charge in [0, 0.05) is 27.8 Å². The number of nitrogens with one attached hydrogen (secondary N) is 1. The first-order valence-electron chi connectivity index (χ1n) is 6.98. The molecule has 1 aliphatic carbocycles. The average Bonchev–Trinajstić information content (AvgIpc) is 2.73. The van der Waals surface area contributed by atoms with E-state index in [2.05, 4.69) is 5.32 Å². The summed E-state index contributed by atoms with van der Waals surface area (Å²) < 4.78 is 6.43. The fraction of sp³-hybridized carbons (Fsp3) is 0.400. The van der Waals surface area contributed by atoms with E-state index in [1.54, 1.807) is 6.07 Å². The molecule has 1 amide bonds. The molecule has 0 unspecified atom stereocenters. The molecule has 1 saturated carbocycles. The van der Waals surface area contributed by atoms with Crippen LogP contribution < -0.4 is 11.1 Å². The van der Waals surface area contributed by atoms with Crippen LogP contribution in [0.4, 0.5) is 5.69 Å². The summed E-state index contributed by atoms with van der Waals surface area (Å²) in [6.07, 6.45) is 2.02. The summed E-state index contributed by atoms with van der Waals surface area (Å²) >= 11 is 7.35. The zero-order valence-electron chi connectivity index (χ0n) is 11.7. The Morgan fingerprint density at radius 3 is 3.00 bits per heavy atom. The smallest absolute Gasteiger partial charge is 0.263 e. The fourth-order valence-corrected chi connectivity index (χ4v) is 3.87. The molecular weight excluding hydrogens is 308 g/mol. The maximum absolute atomic E-state index is 12.3. The Kier molecular flexibility index (Phi) is 4.06. The summed E-state index contributed by atoms with van der Waals surface area (Å²) in [6.45, 7) is 2.70. The van der Waals surface area contributed by atoms with Crippen molar-refractivity contribution in [1.29, 1.82) is 0 Å². The van der Waals surface area contributed by atoms with Crippen molar-refractivity contribution in [2.24, 2.45) is 0 Å². The lowest BCUT2D eigenvalue weighted by Crippen LogP contribution is -2.47. The van der Waals surface area contributed by atoms with Crippen molar-refractivity contribution in [3.05, 3.63) is 28.1 Å². The Hall–Kier alpha value is -1.30. The van der Waals surface area contributed by atoms with Gasteiger partial charge in [-0.3, -0.25) is 4.79 Å². The SMILES string of the molecule is CCOC1CC(NC(=O)c2sc3cc(Cl)ccc3c2N)C1. The van der Waals surface area contributed by atoms with E-state index in [0.29, 0.717) is 15.6 Å². The first kappa shape index (κ1) is 14.6. The molecule has 4 nitrogen and oxygen atoms in total. The molecule has 0 aliphatic heterocycles. The number of rotatable bonds is 4. The molecule has 21 heavy (non-hydrogen) atoms. The Balaban J connectivity index is 1.72. The minimum absolute atomic E-state index is 0.107. The number of fused-ring (bicyclic) bond motifs is 1. The van der Waals surface area contributed by atoms with Crippen LogP contribution in [0, 0.1) is 0 Å². The van der Waals surface area contributed by atoms with Gasteiger partial charge in [-0.25, -0.2) is 0 Å². The van der Waals surface area contributed by atoms with Gasteiger partial charge in [-0.2, -0.15) is 0 Å². The highest BCUT2D eigenvalue weighted by molar-refractivity contribution is 7.21. The van der Waals surface area contributed by atoms with Crippen LogP contribution in [-0.4, -0.2) is 24.7 Å². The molecule has 1 aromatic heterocycles. The number of hydrogen-bond acceptors (Lipinski definition) is 4. The highest BCUT2D eigenvalue weighted by Gasteiger charge is 2.31. The zero-order valence-corrected chi connectivity index (χ0v) is 13.3. The Morgan fingerprint density at radius 2 is 2.29 bits per heavy atom. The van der Waals surface area contributed by atoms with E-state index in [1.807, 2.05) is 19.1 Å². The number of carbonyl (C=O) groups excluding carboxylic acids is 1. The van der Waals surface area contributed by atoms with Gasteiger partial charge >= 0.3 is 0 Å². The standard InChI is InChI=1S/C15H17ClN2O2S/c1-2-20-10-6-9(7-10)18-15(19)14-13(17)11-4-3-8(16)5-12(11)21-14/h3-5,9-10H,2,6-7,17H2,1H3,(H,18,19). The van der Waals surface area contributed by atoms with Crippen molar-refractivity contribution in [3.63, 3.8) is 0 Å². The van der Waals surface area contributed by atoms with Gasteiger partial charge in [0.15, 0.2) is 0 Å². The highest BCUT2D eigenvalue weighted by Crippen LogP contribution is 2.35. The number of thiophene rings is 1. The molecule has 1 fully saturated rings. The lowest BCUT2D eigenvalue weighted by molar-refractivity contribution is -0.00858. The Morgan fingerprint density at radius 1 is 1.52 bits per heavy atom. The normalized spacial score (nSPS) is 21.2. The molecular formula is C15H17ClN2O2S. The van der Waals surface area contributed by atoms with Gasteiger partial charge in [0.05, 0.1) is 11.8 Å². The van der Waals surface area contributed by atoms with Gasteiger partial charge in [-0.1, -0.05) is 11.6 Å². The van der Waals surface area contributed by atoms with Crippen molar-refractivity contribution in [1.82, 2.24) is 5.32 Å². The van der Waals surface area contributed by atoms with Crippen molar-refractivity contribution in [2.75, 3.05) is 12.3 Å². The van der Waals surface area contributed by atoms with Crippen molar-refractivity contribution in [2.45, 2.75) is 31.9 Å². The average molecular weight is 325 g/mol. The number of nitrogen functional groups attached to an aromatic ring is 1. The first-order chi connectivity index (χ1) is 10.1. The third-order valence-corrected chi connectivity index (χ3v) is 5.13. The number of nitrogens with two attached hydrogens (primary N) is 1. The molecule has 3 N–H and O–H groups in total. The molecule has 112 valence electrons. The zero-order chi connectivity index (χ0) is 15.0. The van der Waals surface area contributed by atoms with Crippen LogP contribution in [0.5, 0.6) is 0 Å². The summed E-state index contributed by atoms with van der Waals surface area (Å²) in [7, 11) is 0. The summed E-state index contributed by atoms with van der Waals surface area (Å²) in [4.78, 5) is 12.9. The number of carbonyl (C=O) groups is 1. The number of ether oxygens (including phenoxy) is 1. The molecule has 1 aromatic carbocycles. The van der Waals surface area contributed by atoms with Gasteiger partial charge < -0.3 is 15.8 Å². The van der Waals surface area contributed by atoms with Crippen LogP contribution in [-0.2, 0) is 4.74 Å². The minimum Gasteiger partial charge on any atom is -0.397 e. The van der Waals surface area contributed by atoms with E-state index in [1.165, 1.54) is 11.3 Å². The maximum atomic E-state index is 12.3. The quantitative estimate of drug-likeness (QED) is 0.905. The van der Waals surface area contributed by atoms with Crippen LogP contribution in [0.1, 0.15) is 29.4 Å². The third-order valence-electron chi connectivity index (χ3n) is 3.73. The number of anilines is 1. The van der Waals surface area contributed by atoms with Crippen LogP contribution in [0.3, 0.4) is 0 Å². The lowest BCUT2D eigenvalue weighted by atomic mass is 9.89. The second-order valence-corrected chi connectivity index (χ2v) is 6.69.